The molecule has 0 rings (SSSR count). The highest BCUT2D eigenvalue weighted by molar-refractivity contribution is 5.82. The molecule has 0 bridgehead atoms. The van der Waals surface area contributed by atoms with Crippen LogP contribution in [0.4, 0.5) is 4.53 Å². The molecule has 0 aliphatic heterocycles. The van der Waals surface area contributed by atoms with Crippen LogP contribution in [0.5, 0.6) is 0 Å². The Bertz CT molecular complexity index is 238. The second-order valence-electron chi connectivity index (χ2n) is 5.57. The van der Waals surface area contributed by atoms with Gasteiger partial charge in [0, 0.05) is 12.0 Å². The van der Waals surface area contributed by atoms with E-state index < -0.39 is 5.41 Å². The Morgan fingerprint density at radius 3 is 2.00 bits per heavy atom. The summed E-state index contributed by atoms with van der Waals surface area (Å²) in [6, 6.07) is 0. The third kappa shape index (κ3) is 4.92. The highest BCUT2D eigenvalue weighted by atomic mass is 19.3. The molecule has 0 aromatic carbocycles. The third-order valence-electron chi connectivity index (χ3n) is 4.09. The van der Waals surface area contributed by atoms with Crippen molar-refractivity contribution in [1.82, 2.24) is 5.32 Å². The molecule has 0 saturated heterocycles. The van der Waals surface area contributed by atoms with E-state index in [4.69, 9.17) is 0 Å². The molecule has 0 aliphatic rings. The van der Waals surface area contributed by atoms with Crippen LogP contribution in [0.1, 0.15) is 55.4 Å². The maximum Gasteiger partial charge on any atom is 0.226 e. The molecule has 0 aromatic rings. The molecule has 0 heterocycles. The van der Waals surface area contributed by atoms with Crippen molar-refractivity contribution in [3.8, 4) is 0 Å². The average molecular weight is 263 g/mol. The molecule has 0 fully saturated rings. The van der Waals surface area contributed by atoms with Gasteiger partial charge in [-0.1, -0.05) is 55.4 Å². The third-order valence-corrected chi connectivity index (χ3v) is 4.09. The van der Waals surface area contributed by atoms with E-state index in [1.54, 1.807) is 0 Å². The predicted molar refractivity (Wildman–Crippen MR) is 73.8 cm³/mol. The maximum absolute atomic E-state index is 12.0. The van der Waals surface area contributed by atoms with E-state index in [9.17, 15) is 9.32 Å². The zero-order valence-electron chi connectivity index (χ0n) is 13.2. The fraction of sp³-hybridized carbons (Fsp3) is 0.929. The molecule has 0 aromatic heterocycles. The Morgan fingerprint density at radius 1 is 1.22 bits per heavy atom. The molecular formula is C14H30FNO2. The lowest BCUT2D eigenvalue weighted by Crippen LogP contribution is -2.49. The van der Waals surface area contributed by atoms with Gasteiger partial charge in [-0.25, -0.2) is 0 Å². The minimum atomic E-state index is -0.503. The second kappa shape index (κ2) is 8.46. The lowest BCUT2D eigenvalue weighted by Gasteiger charge is -2.43. The number of nitrogens with one attached hydrogen (secondary N) is 1. The smallest absolute Gasteiger partial charge is 0.226 e. The van der Waals surface area contributed by atoms with E-state index in [2.05, 4.69) is 38.0 Å². The first-order valence-electron chi connectivity index (χ1n) is 6.69. The Kier molecular flexibility index (Phi) is 9.26. The van der Waals surface area contributed by atoms with Crippen LogP contribution in [0.15, 0.2) is 0 Å². The summed E-state index contributed by atoms with van der Waals surface area (Å²) in [7, 11) is 0. The minimum Gasteiger partial charge on any atom is -0.353 e. The number of rotatable bonds is 6. The average Bonchev–Trinajstić information content (AvgIpc) is 2.31. The van der Waals surface area contributed by atoms with Gasteiger partial charge in [-0.3, -0.25) is 4.79 Å². The maximum atomic E-state index is 12.0. The first kappa shape index (κ1) is 19.7. The van der Waals surface area contributed by atoms with Crippen LogP contribution in [0.2, 0.25) is 0 Å². The van der Waals surface area contributed by atoms with Gasteiger partial charge in [-0.15, -0.1) is 0 Å². The fourth-order valence-electron chi connectivity index (χ4n) is 1.44. The van der Waals surface area contributed by atoms with Gasteiger partial charge < -0.3 is 5.32 Å². The van der Waals surface area contributed by atoms with Gasteiger partial charge >= 0.3 is 0 Å². The molecule has 0 saturated carbocycles. The van der Waals surface area contributed by atoms with Crippen LogP contribution < -0.4 is 5.32 Å². The number of carbonyl (C=O) groups excluding carboxylic acids is 1. The molecule has 18 heavy (non-hydrogen) atoms. The Labute approximate surface area is 111 Å². The molecule has 1 amide bonds. The Morgan fingerprint density at radius 2 is 1.67 bits per heavy atom. The highest BCUT2D eigenvalue weighted by Gasteiger charge is 2.44. The number of hydrogen-bond donors (Lipinski definition) is 1. The molecule has 0 radical (unpaired) electrons. The Hall–Kier alpha value is -0.640. The van der Waals surface area contributed by atoms with Gasteiger partial charge in [-0.2, -0.15) is 4.94 Å². The van der Waals surface area contributed by atoms with Crippen molar-refractivity contribution in [2.45, 2.75) is 55.4 Å². The van der Waals surface area contributed by atoms with Gasteiger partial charge in [-0.05, 0) is 15.9 Å². The van der Waals surface area contributed by atoms with Crippen LogP contribution >= 0.6 is 0 Å². The molecule has 0 atom stereocenters. The van der Waals surface area contributed by atoms with E-state index in [1.807, 2.05) is 27.7 Å². The Balaban J connectivity index is 0. The van der Waals surface area contributed by atoms with Gasteiger partial charge in [0.25, 0.3) is 0 Å². The highest BCUT2D eigenvalue weighted by Crippen LogP contribution is 2.44. The van der Waals surface area contributed by atoms with Crippen molar-refractivity contribution in [1.29, 1.82) is 0 Å². The quantitative estimate of drug-likeness (QED) is 0.741. The zero-order chi connectivity index (χ0) is 15.0. The molecule has 0 unspecified atom stereocenters. The second-order valence-corrected chi connectivity index (χ2v) is 5.57. The van der Waals surface area contributed by atoms with Crippen LogP contribution in [-0.4, -0.2) is 19.1 Å². The van der Waals surface area contributed by atoms with Crippen molar-refractivity contribution >= 4 is 5.91 Å². The van der Waals surface area contributed by atoms with Crippen molar-refractivity contribution in [3.05, 3.63) is 0 Å². The molecule has 110 valence electrons. The van der Waals surface area contributed by atoms with Gasteiger partial charge in [0.1, 0.15) is 6.61 Å². The summed E-state index contributed by atoms with van der Waals surface area (Å²) in [5.41, 5.74) is -0.634. The van der Waals surface area contributed by atoms with Crippen LogP contribution in [0.25, 0.3) is 0 Å². The van der Waals surface area contributed by atoms with Crippen LogP contribution in [0.3, 0.4) is 0 Å². The molecule has 0 spiro atoms. The van der Waals surface area contributed by atoms with E-state index in [0.29, 0.717) is 5.92 Å². The normalized spacial score (nSPS) is 11.9. The fourth-order valence-corrected chi connectivity index (χ4v) is 1.44. The zero-order valence-corrected chi connectivity index (χ0v) is 13.2. The number of carbonyl (C=O) groups is 1. The van der Waals surface area contributed by atoms with Gasteiger partial charge in [0.2, 0.25) is 5.91 Å². The van der Waals surface area contributed by atoms with E-state index in [1.165, 1.54) is 0 Å². The summed E-state index contributed by atoms with van der Waals surface area (Å²) >= 11 is 0. The van der Waals surface area contributed by atoms with Crippen molar-refractivity contribution < 1.29 is 14.3 Å². The number of amides is 1. The predicted octanol–water partition coefficient (Wildman–Crippen LogP) is 3.74. The largest absolute Gasteiger partial charge is 0.353 e. The summed E-state index contributed by atoms with van der Waals surface area (Å²) in [4.78, 5) is 15.4. The molecule has 0 aliphatic carbocycles. The lowest BCUT2D eigenvalue weighted by molar-refractivity contribution is -0.143. The lowest BCUT2D eigenvalue weighted by atomic mass is 9.61. The first-order valence-corrected chi connectivity index (χ1v) is 6.69. The molecule has 1 N–H and O–H groups in total. The summed E-state index contributed by atoms with van der Waals surface area (Å²) < 4.78 is 11.5. The molecular weight excluding hydrogens is 233 g/mol. The van der Waals surface area contributed by atoms with Gasteiger partial charge in [0.05, 0.1) is 0 Å². The van der Waals surface area contributed by atoms with Gasteiger partial charge in [0.15, 0.2) is 0 Å². The van der Waals surface area contributed by atoms with Crippen LogP contribution in [0, 0.1) is 16.7 Å². The van der Waals surface area contributed by atoms with Crippen molar-refractivity contribution in [3.63, 3.8) is 0 Å². The van der Waals surface area contributed by atoms with Crippen molar-refractivity contribution in [2.24, 2.45) is 16.7 Å². The number of halogens is 1. The molecule has 4 heteroatoms. The number of hydrogen-bond acceptors (Lipinski definition) is 2. The summed E-state index contributed by atoms with van der Waals surface area (Å²) in [6.07, 6.45) is 0. The standard InChI is InChI=1S/C12H24FNO2.C2H6/c1-9(2)11(3,4)12(5,6)10(15)14-7-8-16-13;1-2/h9H,7-8H2,1-6H3,(H,14,15);1-2H3. The summed E-state index contributed by atoms with van der Waals surface area (Å²) in [5, 5.41) is 2.68. The molecule has 3 nitrogen and oxygen atoms in total. The first-order chi connectivity index (χ1) is 8.17. The summed E-state index contributed by atoms with van der Waals surface area (Å²) in [5.74, 6) is 0.314. The van der Waals surface area contributed by atoms with Crippen LogP contribution in [-0.2, 0) is 9.74 Å². The topological polar surface area (TPSA) is 38.3 Å². The summed E-state index contributed by atoms with van der Waals surface area (Å²) in [6.45, 7) is 16.3. The van der Waals surface area contributed by atoms with E-state index >= 15 is 0 Å². The minimum absolute atomic E-state index is 0.0664. The van der Waals surface area contributed by atoms with E-state index in [-0.39, 0.29) is 24.5 Å². The van der Waals surface area contributed by atoms with Crippen molar-refractivity contribution in [2.75, 3.05) is 13.2 Å². The monoisotopic (exact) mass is 263 g/mol. The SMILES string of the molecule is CC.CC(C)C(C)(C)C(C)(C)C(=O)NCCOF. The van der Waals surface area contributed by atoms with E-state index in [0.717, 1.165) is 0 Å².